The maximum atomic E-state index is 12.5. The molecule has 2 aromatic rings. The molecule has 0 radical (unpaired) electrons. The fourth-order valence-corrected chi connectivity index (χ4v) is 2.94. The van der Waals surface area contributed by atoms with E-state index in [1.54, 1.807) is 47.4 Å². The summed E-state index contributed by atoms with van der Waals surface area (Å²) in [5, 5.41) is 3.39. The van der Waals surface area contributed by atoms with Crippen LogP contribution >= 0.6 is 11.6 Å². The number of benzene rings is 2. The van der Waals surface area contributed by atoms with Crippen LogP contribution in [0.2, 0.25) is 5.02 Å². The van der Waals surface area contributed by atoms with Gasteiger partial charge in [0.2, 0.25) is 0 Å². The van der Waals surface area contributed by atoms with Crippen LogP contribution in [0.3, 0.4) is 0 Å². The Hall–Kier alpha value is -2.77. The molecule has 1 saturated heterocycles. The van der Waals surface area contributed by atoms with Gasteiger partial charge in [0.1, 0.15) is 0 Å². The molecule has 0 aromatic heterocycles. The summed E-state index contributed by atoms with van der Waals surface area (Å²) < 4.78 is 16.5. The Morgan fingerprint density at radius 1 is 1.07 bits per heavy atom. The lowest BCUT2D eigenvalue weighted by molar-refractivity contribution is -0.137. The standard InChI is InChI=1S/C21H23ClN2O5/c1-2-28-19-13-15(21(26)23-17-6-4-16(22)5-7-17)3-8-18(19)29-14-20(25)24-9-11-27-12-10-24/h3-8,13H,2,9-12,14H2,1H3,(H,23,26). The van der Waals surface area contributed by atoms with E-state index in [-0.39, 0.29) is 18.4 Å². The molecule has 3 rings (SSSR count). The molecule has 2 amide bonds. The summed E-state index contributed by atoms with van der Waals surface area (Å²) in [5.41, 5.74) is 1.05. The van der Waals surface area contributed by atoms with Crippen LogP contribution in [0.1, 0.15) is 17.3 Å². The Bertz CT molecular complexity index is 851. The fraction of sp³-hybridized carbons (Fsp3) is 0.333. The highest BCUT2D eigenvalue weighted by Crippen LogP contribution is 2.29. The smallest absolute Gasteiger partial charge is 0.260 e. The van der Waals surface area contributed by atoms with Gasteiger partial charge in [0, 0.05) is 29.4 Å². The number of carbonyl (C=O) groups excluding carboxylic acids is 2. The lowest BCUT2D eigenvalue weighted by atomic mass is 10.2. The van der Waals surface area contributed by atoms with E-state index < -0.39 is 0 Å². The molecule has 0 saturated carbocycles. The third-order valence-electron chi connectivity index (χ3n) is 4.32. The molecule has 154 valence electrons. The van der Waals surface area contributed by atoms with Gasteiger partial charge in [0.15, 0.2) is 18.1 Å². The van der Waals surface area contributed by atoms with Gasteiger partial charge in [-0.05, 0) is 49.4 Å². The summed E-state index contributed by atoms with van der Waals surface area (Å²) in [7, 11) is 0. The highest BCUT2D eigenvalue weighted by molar-refractivity contribution is 6.30. The number of carbonyl (C=O) groups is 2. The van der Waals surface area contributed by atoms with Gasteiger partial charge in [0.05, 0.1) is 19.8 Å². The molecule has 1 aliphatic rings. The van der Waals surface area contributed by atoms with Crippen LogP contribution < -0.4 is 14.8 Å². The largest absolute Gasteiger partial charge is 0.490 e. The lowest BCUT2D eigenvalue weighted by Gasteiger charge is -2.26. The zero-order valence-corrected chi connectivity index (χ0v) is 16.9. The molecule has 0 atom stereocenters. The van der Waals surface area contributed by atoms with Crippen molar-refractivity contribution in [1.82, 2.24) is 4.90 Å². The van der Waals surface area contributed by atoms with Crippen molar-refractivity contribution in [3.05, 3.63) is 53.1 Å². The van der Waals surface area contributed by atoms with E-state index in [9.17, 15) is 9.59 Å². The minimum Gasteiger partial charge on any atom is -0.490 e. The van der Waals surface area contributed by atoms with Gasteiger partial charge >= 0.3 is 0 Å². The SMILES string of the molecule is CCOc1cc(C(=O)Nc2ccc(Cl)cc2)ccc1OCC(=O)N1CCOCC1. The number of anilines is 1. The highest BCUT2D eigenvalue weighted by atomic mass is 35.5. The molecule has 29 heavy (non-hydrogen) atoms. The summed E-state index contributed by atoms with van der Waals surface area (Å²) >= 11 is 5.86. The number of amides is 2. The summed E-state index contributed by atoms with van der Waals surface area (Å²) in [6.45, 7) is 4.32. The zero-order valence-electron chi connectivity index (χ0n) is 16.2. The Balaban J connectivity index is 1.66. The number of nitrogens with one attached hydrogen (secondary N) is 1. The van der Waals surface area contributed by atoms with E-state index in [1.165, 1.54) is 0 Å². The van der Waals surface area contributed by atoms with Gasteiger partial charge in [-0.2, -0.15) is 0 Å². The van der Waals surface area contributed by atoms with E-state index >= 15 is 0 Å². The van der Waals surface area contributed by atoms with Crippen LogP contribution in [0.5, 0.6) is 11.5 Å². The van der Waals surface area contributed by atoms with E-state index in [2.05, 4.69) is 5.32 Å². The van der Waals surface area contributed by atoms with Crippen molar-refractivity contribution < 1.29 is 23.8 Å². The van der Waals surface area contributed by atoms with E-state index in [0.717, 1.165) is 0 Å². The monoisotopic (exact) mass is 418 g/mol. The zero-order chi connectivity index (χ0) is 20.6. The molecule has 1 fully saturated rings. The second kappa shape index (κ2) is 10.1. The van der Waals surface area contributed by atoms with Crippen molar-refractivity contribution in [1.29, 1.82) is 0 Å². The number of rotatable bonds is 7. The molecular weight excluding hydrogens is 396 g/mol. The van der Waals surface area contributed by atoms with Crippen molar-refractivity contribution in [2.45, 2.75) is 6.92 Å². The molecule has 0 bridgehead atoms. The molecule has 7 nitrogen and oxygen atoms in total. The first-order chi connectivity index (χ1) is 14.1. The Kier molecular flexibility index (Phi) is 7.32. The van der Waals surface area contributed by atoms with Crippen molar-refractivity contribution in [3.8, 4) is 11.5 Å². The summed E-state index contributed by atoms with van der Waals surface area (Å²) in [4.78, 5) is 26.5. The first-order valence-corrected chi connectivity index (χ1v) is 9.76. The van der Waals surface area contributed by atoms with Crippen LogP contribution in [0, 0.1) is 0 Å². The molecular formula is C21H23ClN2O5. The average molecular weight is 419 g/mol. The van der Waals surface area contributed by atoms with Crippen molar-refractivity contribution in [2.24, 2.45) is 0 Å². The first-order valence-electron chi connectivity index (χ1n) is 9.39. The fourth-order valence-electron chi connectivity index (χ4n) is 2.82. The molecule has 0 spiro atoms. The number of hydrogen-bond donors (Lipinski definition) is 1. The van der Waals surface area contributed by atoms with Crippen LogP contribution in [0.15, 0.2) is 42.5 Å². The van der Waals surface area contributed by atoms with Crippen LogP contribution in [-0.4, -0.2) is 56.2 Å². The summed E-state index contributed by atoms with van der Waals surface area (Å²) in [6.07, 6.45) is 0. The highest BCUT2D eigenvalue weighted by Gasteiger charge is 2.18. The maximum absolute atomic E-state index is 12.5. The lowest BCUT2D eigenvalue weighted by Crippen LogP contribution is -2.43. The third-order valence-corrected chi connectivity index (χ3v) is 4.57. The van der Waals surface area contributed by atoms with Gasteiger partial charge in [-0.25, -0.2) is 0 Å². The van der Waals surface area contributed by atoms with Gasteiger partial charge in [-0.1, -0.05) is 11.6 Å². The molecule has 0 aliphatic carbocycles. The number of halogens is 1. The number of hydrogen-bond acceptors (Lipinski definition) is 5. The summed E-state index contributed by atoms with van der Waals surface area (Å²) in [5.74, 6) is 0.423. The Morgan fingerprint density at radius 3 is 2.48 bits per heavy atom. The van der Waals surface area contributed by atoms with Crippen molar-refractivity contribution in [2.75, 3.05) is 44.8 Å². The van der Waals surface area contributed by atoms with Crippen LogP contribution in [0.25, 0.3) is 0 Å². The minimum absolute atomic E-state index is 0.101. The topological polar surface area (TPSA) is 77.1 Å². The van der Waals surface area contributed by atoms with Gasteiger partial charge in [-0.3, -0.25) is 9.59 Å². The van der Waals surface area contributed by atoms with E-state index in [1.807, 2.05) is 6.92 Å². The normalized spacial score (nSPS) is 13.7. The second-order valence-corrected chi connectivity index (χ2v) is 6.77. The minimum atomic E-state index is -0.288. The summed E-state index contributed by atoms with van der Waals surface area (Å²) in [6, 6.07) is 11.7. The van der Waals surface area contributed by atoms with E-state index in [4.69, 9.17) is 25.8 Å². The van der Waals surface area contributed by atoms with Gasteiger partial charge in [-0.15, -0.1) is 0 Å². The Labute approximate surface area is 174 Å². The number of ether oxygens (including phenoxy) is 3. The van der Waals surface area contributed by atoms with Crippen LogP contribution in [0.4, 0.5) is 5.69 Å². The van der Waals surface area contributed by atoms with Gasteiger partial charge in [0.25, 0.3) is 11.8 Å². The molecule has 0 unspecified atom stereocenters. The van der Waals surface area contributed by atoms with Gasteiger partial charge < -0.3 is 24.4 Å². The number of nitrogens with zero attached hydrogens (tertiary/aromatic N) is 1. The van der Waals surface area contributed by atoms with Crippen molar-refractivity contribution in [3.63, 3.8) is 0 Å². The second-order valence-electron chi connectivity index (χ2n) is 6.34. The molecule has 1 N–H and O–H groups in total. The molecule has 1 heterocycles. The molecule has 1 aliphatic heterocycles. The molecule has 2 aromatic carbocycles. The predicted octanol–water partition coefficient (Wildman–Crippen LogP) is 3.23. The maximum Gasteiger partial charge on any atom is 0.260 e. The van der Waals surface area contributed by atoms with Crippen molar-refractivity contribution >= 4 is 29.1 Å². The predicted molar refractivity (Wildman–Crippen MR) is 110 cm³/mol. The number of morpholine rings is 1. The third kappa shape index (κ3) is 5.85. The van der Waals surface area contributed by atoms with Crippen LogP contribution in [-0.2, 0) is 9.53 Å². The quantitative estimate of drug-likeness (QED) is 0.747. The average Bonchev–Trinajstić information content (AvgIpc) is 2.75. The molecule has 8 heteroatoms. The first kappa shape index (κ1) is 21.0. The Morgan fingerprint density at radius 2 is 1.79 bits per heavy atom. The van der Waals surface area contributed by atoms with E-state index in [0.29, 0.717) is 60.7 Å².